The van der Waals surface area contributed by atoms with Crippen LogP contribution in [0.5, 0.6) is 5.75 Å². The second-order valence-electron chi connectivity index (χ2n) is 6.14. The predicted molar refractivity (Wildman–Crippen MR) is 117 cm³/mol. The number of aromatic hydroxyl groups is 1. The summed E-state index contributed by atoms with van der Waals surface area (Å²) in [5.41, 5.74) is 1.49. The van der Waals surface area contributed by atoms with Gasteiger partial charge in [0.15, 0.2) is 0 Å². The van der Waals surface area contributed by atoms with E-state index in [0.29, 0.717) is 16.8 Å². The maximum Gasteiger partial charge on any atom is 0.216 e. The van der Waals surface area contributed by atoms with Gasteiger partial charge < -0.3 is 10.4 Å². The first-order valence-electron chi connectivity index (χ1n) is 8.50. The van der Waals surface area contributed by atoms with Crippen LogP contribution in [-0.2, 0) is 0 Å². The van der Waals surface area contributed by atoms with Crippen LogP contribution in [0.4, 0.5) is 5.69 Å². The molecule has 4 aromatic rings. The molecule has 4 rings (SSSR count). The number of nitrogens with zero attached hydrogens (tertiary/aromatic N) is 4. The molecule has 0 bridgehead atoms. The van der Waals surface area contributed by atoms with E-state index < -0.39 is 0 Å². The van der Waals surface area contributed by atoms with Crippen LogP contribution in [0.15, 0.2) is 48.7 Å². The Morgan fingerprint density at radius 2 is 1.93 bits per heavy atom. The number of aromatic amines is 1. The maximum absolute atomic E-state index is 10.7. The zero-order chi connectivity index (χ0) is 21.3. The van der Waals surface area contributed by atoms with E-state index in [4.69, 9.17) is 34.8 Å². The average molecular weight is 458 g/mol. The highest BCUT2D eigenvalue weighted by Gasteiger charge is 2.20. The minimum absolute atomic E-state index is 0.0360. The Morgan fingerprint density at radius 1 is 1.13 bits per heavy atom. The van der Waals surface area contributed by atoms with Gasteiger partial charge in [-0.05, 0) is 28.1 Å². The third-order valence-electron chi connectivity index (χ3n) is 4.41. The molecule has 0 aliphatic rings. The minimum atomic E-state index is 0.0360. The molecule has 148 valence electrons. The second-order valence-corrected chi connectivity index (χ2v) is 7.30. The van der Waals surface area contributed by atoms with Gasteiger partial charge in [-0.2, -0.15) is 10.5 Å². The molecule has 7 nitrogen and oxygen atoms in total. The molecule has 0 unspecified atom stereocenters. The minimum Gasteiger partial charge on any atom is -0.507 e. The third-order valence-corrected chi connectivity index (χ3v) is 5.67. The van der Waals surface area contributed by atoms with Crippen LogP contribution >= 0.6 is 34.8 Å². The fourth-order valence-electron chi connectivity index (χ4n) is 3.04. The highest BCUT2D eigenvalue weighted by Crippen LogP contribution is 2.47. The van der Waals surface area contributed by atoms with Crippen LogP contribution in [0.2, 0.25) is 15.1 Å². The lowest BCUT2D eigenvalue weighted by Crippen LogP contribution is -1.98. The molecule has 10 heteroatoms. The lowest BCUT2D eigenvalue weighted by molar-refractivity contribution is 0.478. The number of phenols is 1. The maximum atomic E-state index is 10.7. The van der Waals surface area contributed by atoms with Crippen molar-refractivity contribution in [3.8, 4) is 22.9 Å². The number of tetrazole rings is 1. The Balaban J connectivity index is 1.95. The van der Waals surface area contributed by atoms with Crippen molar-refractivity contribution in [3.63, 3.8) is 0 Å². The quantitative estimate of drug-likeness (QED) is 0.269. The number of rotatable bonds is 4. The zero-order valence-electron chi connectivity index (χ0n) is 15.0. The summed E-state index contributed by atoms with van der Waals surface area (Å²) in [6, 6.07) is 14.6. The molecule has 1 aromatic heterocycles. The van der Waals surface area contributed by atoms with Gasteiger partial charge in [0.1, 0.15) is 17.4 Å². The van der Waals surface area contributed by atoms with Crippen LogP contribution < -0.4 is 5.32 Å². The molecule has 0 saturated heterocycles. The van der Waals surface area contributed by atoms with E-state index in [1.54, 1.807) is 12.1 Å². The number of hydrogen-bond acceptors (Lipinski definition) is 6. The molecule has 0 aliphatic carbocycles. The Labute approximate surface area is 185 Å². The number of benzene rings is 3. The summed E-state index contributed by atoms with van der Waals surface area (Å²) < 4.78 is 0. The second kappa shape index (κ2) is 8.20. The van der Waals surface area contributed by atoms with Crippen molar-refractivity contribution in [2.24, 2.45) is 0 Å². The fourth-order valence-corrected chi connectivity index (χ4v) is 3.70. The van der Waals surface area contributed by atoms with E-state index in [1.807, 2.05) is 36.4 Å². The molecular formula is C20H11Cl3N6O. The van der Waals surface area contributed by atoms with Gasteiger partial charge in [0.25, 0.3) is 0 Å². The Bertz CT molecular complexity index is 1330. The van der Waals surface area contributed by atoms with Crippen LogP contribution in [-0.4, -0.2) is 25.7 Å². The number of nitriles is 1. The third kappa shape index (κ3) is 3.53. The van der Waals surface area contributed by atoms with Gasteiger partial charge in [-0.15, -0.1) is 10.2 Å². The number of phenolic OH excluding ortho intramolecular Hbond substituents is 1. The molecule has 0 fully saturated rings. The van der Waals surface area contributed by atoms with Crippen LogP contribution in [0.25, 0.3) is 27.5 Å². The number of H-pyrrole nitrogens is 1. The number of aromatic nitrogens is 4. The smallest absolute Gasteiger partial charge is 0.216 e. The standard InChI is InChI=1S/C20H11Cl3N6O/c21-14-7-13(16-12-4-2-1-3-10(12)5-6-15(16)30)19(18(23)17(14)22)25-9-11(8-24)20-26-28-29-27-20/h1-7,9,25,30H,(H,26,27,28,29). The van der Waals surface area contributed by atoms with E-state index in [0.717, 1.165) is 10.8 Å². The topological polar surface area (TPSA) is 111 Å². The molecule has 0 radical (unpaired) electrons. The van der Waals surface area contributed by atoms with Crippen molar-refractivity contribution in [2.75, 3.05) is 5.32 Å². The SMILES string of the molecule is N#CC(=CNc1c(-c2c(O)ccc3ccccc23)cc(Cl)c(Cl)c1Cl)c1nn[nH]n1. The van der Waals surface area contributed by atoms with Crippen molar-refractivity contribution in [2.45, 2.75) is 0 Å². The largest absolute Gasteiger partial charge is 0.507 e. The number of allylic oxidation sites excluding steroid dienone is 1. The highest BCUT2D eigenvalue weighted by atomic mass is 35.5. The van der Waals surface area contributed by atoms with E-state index >= 15 is 0 Å². The molecule has 0 aliphatic heterocycles. The molecule has 30 heavy (non-hydrogen) atoms. The van der Waals surface area contributed by atoms with Gasteiger partial charge in [0.05, 0.1) is 20.8 Å². The van der Waals surface area contributed by atoms with Crippen molar-refractivity contribution in [1.82, 2.24) is 20.6 Å². The summed E-state index contributed by atoms with van der Waals surface area (Å²) in [5, 5.41) is 38.6. The summed E-state index contributed by atoms with van der Waals surface area (Å²) >= 11 is 19.0. The van der Waals surface area contributed by atoms with E-state index in [2.05, 4.69) is 25.9 Å². The molecular weight excluding hydrogens is 447 g/mol. The number of nitrogens with one attached hydrogen (secondary N) is 2. The van der Waals surface area contributed by atoms with Gasteiger partial charge in [-0.1, -0.05) is 65.1 Å². The summed E-state index contributed by atoms with van der Waals surface area (Å²) in [6.45, 7) is 0. The lowest BCUT2D eigenvalue weighted by Gasteiger charge is -2.17. The molecule has 1 heterocycles. The molecule has 0 spiro atoms. The first kappa shape index (κ1) is 20.0. The van der Waals surface area contributed by atoms with E-state index in [1.165, 1.54) is 6.20 Å². The number of fused-ring (bicyclic) bond motifs is 1. The van der Waals surface area contributed by atoms with Crippen molar-refractivity contribution in [1.29, 1.82) is 5.26 Å². The zero-order valence-corrected chi connectivity index (χ0v) is 17.3. The van der Waals surface area contributed by atoms with Crippen LogP contribution in [0.1, 0.15) is 5.82 Å². The summed E-state index contributed by atoms with van der Waals surface area (Å²) in [7, 11) is 0. The van der Waals surface area contributed by atoms with E-state index in [-0.39, 0.29) is 32.2 Å². The van der Waals surface area contributed by atoms with Crippen molar-refractivity contribution in [3.05, 3.63) is 69.6 Å². The van der Waals surface area contributed by atoms with Gasteiger partial charge in [-0.3, -0.25) is 0 Å². The molecule has 3 N–H and O–H groups in total. The Kier molecular flexibility index (Phi) is 5.46. The number of halogens is 3. The number of hydrogen-bond donors (Lipinski definition) is 3. The highest BCUT2D eigenvalue weighted by molar-refractivity contribution is 6.49. The van der Waals surface area contributed by atoms with Gasteiger partial charge >= 0.3 is 0 Å². The van der Waals surface area contributed by atoms with Crippen LogP contribution in [0, 0.1) is 11.3 Å². The molecule has 0 amide bonds. The van der Waals surface area contributed by atoms with E-state index in [9.17, 15) is 10.4 Å². The number of anilines is 1. The first-order valence-corrected chi connectivity index (χ1v) is 9.64. The fraction of sp³-hybridized carbons (Fsp3) is 0. The van der Waals surface area contributed by atoms with Gasteiger partial charge in [0.2, 0.25) is 5.82 Å². The normalized spacial score (nSPS) is 11.5. The van der Waals surface area contributed by atoms with Gasteiger partial charge in [-0.25, -0.2) is 0 Å². The lowest BCUT2D eigenvalue weighted by atomic mass is 9.96. The average Bonchev–Trinajstić information content (AvgIpc) is 3.28. The van der Waals surface area contributed by atoms with Gasteiger partial charge in [0, 0.05) is 17.3 Å². The van der Waals surface area contributed by atoms with Crippen LogP contribution in [0.3, 0.4) is 0 Å². The molecule has 3 aromatic carbocycles. The molecule has 0 atom stereocenters. The summed E-state index contributed by atoms with van der Waals surface area (Å²) in [4.78, 5) is 0. The first-order chi connectivity index (χ1) is 14.5. The monoisotopic (exact) mass is 456 g/mol. The van der Waals surface area contributed by atoms with Crippen molar-refractivity contribution < 1.29 is 5.11 Å². The Hall–Kier alpha value is -3.31. The summed E-state index contributed by atoms with van der Waals surface area (Å²) in [5.74, 6) is 0.143. The summed E-state index contributed by atoms with van der Waals surface area (Å²) in [6.07, 6.45) is 1.38. The molecule has 0 saturated carbocycles. The van der Waals surface area contributed by atoms with Crippen molar-refractivity contribution >= 4 is 56.8 Å². The Morgan fingerprint density at radius 3 is 2.67 bits per heavy atom. The predicted octanol–water partition coefficient (Wildman–Crippen LogP) is 5.66.